The van der Waals surface area contributed by atoms with Gasteiger partial charge in [0.15, 0.2) is 5.82 Å². The molecule has 9 rings (SSSR count). The Bertz CT molecular complexity index is 2660. The lowest BCUT2D eigenvalue weighted by Crippen LogP contribution is -2.65. The van der Waals surface area contributed by atoms with Crippen LogP contribution in [0, 0.1) is 18.6 Å². The predicted octanol–water partition coefficient (Wildman–Crippen LogP) is 9.22. The third-order valence-corrected chi connectivity index (χ3v) is 13.6. The first-order valence-corrected chi connectivity index (χ1v) is 22.4. The summed E-state index contributed by atoms with van der Waals surface area (Å²) in [6, 6.07) is 13.7. The van der Waals surface area contributed by atoms with Gasteiger partial charge in [0.2, 0.25) is 11.8 Å². The summed E-state index contributed by atoms with van der Waals surface area (Å²) in [5.74, 6) is -1.10. The van der Waals surface area contributed by atoms with Crippen molar-refractivity contribution in [2.75, 3.05) is 48.6 Å². The number of piperazine rings is 1. The number of aromatic nitrogens is 3. The number of aliphatic hydroxyl groups excluding tert-OH is 1. The van der Waals surface area contributed by atoms with Crippen molar-refractivity contribution >= 4 is 34.4 Å². The summed E-state index contributed by atoms with van der Waals surface area (Å²) in [7, 11) is 3.04. The first-order chi connectivity index (χ1) is 31.7. The average molecular weight is 932 g/mol. The highest BCUT2D eigenvalue weighted by Gasteiger charge is 2.54. The molecule has 4 aliphatic heterocycles. The Morgan fingerprint density at radius 1 is 0.940 bits per heavy atom. The quantitative estimate of drug-likeness (QED) is 0.134. The van der Waals surface area contributed by atoms with E-state index < -0.39 is 75.6 Å². The minimum absolute atomic E-state index is 0.0375. The Morgan fingerprint density at radius 2 is 1.57 bits per heavy atom. The van der Waals surface area contributed by atoms with Crippen LogP contribution in [0.1, 0.15) is 76.1 Å². The van der Waals surface area contributed by atoms with E-state index >= 15 is 22.0 Å². The number of fused-ring (bicyclic) bond motifs is 5. The number of nitrogens with zero attached hydrogens (tertiary/aromatic N) is 7. The topological polar surface area (TPSA) is 126 Å². The van der Waals surface area contributed by atoms with E-state index in [4.69, 9.17) is 28.9 Å². The second kappa shape index (κ2) is 16.9. The molecule has 0 aliphatic carbocycles. The number of hydrogen-bond acceptors (Lipinski definition) is 12. The molecule has 1 N–H and O–H groups in total. The van der Waals surface area contributed by atoms with Crippen LogP contribution in [0.25, 0.3) is 22.2 Å². The smallest absolute Gasteiger partial charge is 0.417 e. The number of amides is 1. The van der Waals surface area contributed by atoms with Crippen molar-refractivity contribution in [2.24, 2.45) is 0 Å². The molecule has 0 saturated carbocycles. The number of carbonyl (C=O) groups excluding carboxylic acids is 1. The molecule has 3 fully saturated rings. The Hall–Kier alpha value is -6.17. The van der Waals surface area contributed by atoms with Crippen LogP contribution in [0.3, 0.4) is 0 Å². The predicted molar refractivity (Wildman–Crippen MR) is 242 cm³/mol. The molecule has 4 aliphatic rings. The number of alkyl halides is 3. The van der Waals surface area contributed by atoms with Crippen molar-refractivity contribution in [3.8, 4) is 28.6 Å². The van der Waals surface area contributed by atoms with Crippen LogP contribution in [-0.2, 0) is 24.0 Å². The lowest BCUT2D eigenvalue weighted by Gasteiger charge is -2.50. The SMILES string of the molecule is COc1ccc(CN(Cc2ccc(OC)cc2)c2cc(-c3nc4c5c(nc(N6CC[C@@]6(C)CO)nc5c3F)N3C[C@H]5CC[C@@H]([C@H]3[C@H](C)O4)N5C(=O)OC(C)(C)C)c(C(F)(F)F)c(C)c2F)cc1. The van der Waals surface area contributed by atoms with Crippen LogP contribution in [-0.4, -0.2) is 100 Å². The molecule has 1 amide bonds. The molecule has 5 atom stereocenters. The lowest BCUT2D eigenvalue weighted by atomic mass is 9.88. The molecule has 67 heavy (non-hydrogen) atoms. The molecule has 18 heteroatoms. The van der Waals surface area contributed by atoms with Gasteiger partial charge in [-0.05, 0) is 108 Å². The normalized spacial score (nSPS) is 22.2. The van der Waals surface area contributed by atoms with Gasteiger partial charge in [-0.25, -0.2) is 23.5 Å². The molecule has 0 spiro atoms. The van der Waals surface area contributed by atoms with Crippen LogP contribution in [0.2, 0.25) is 0 Å². The standard InChI is InChI=1S/C49H54F5N7O6/c1-26-37(49(52,53)54)33(21-35(38(26)50)58(22-28-9-14-31(64-7)15-10-28)23-29-11-16-32(65-8)17-12-29)40-39(51)41-36-43(57-45(56-41)60-20-19-48(60,6)25-62)59-24-30-13-18-34(42(59)27(2)66-44(36)55-40)61(30)46(63)67-47(3,4)5/h9-12,14-17,21,27,30,34,42,62H,13,18-20,22-25H2,1-8H3/t27-,30+,34-,42+,48-/m0/s1. The first-order valence-electron chi connectivity index (χ1n) is 22.4. The highest BCUT2D eigenvalue weighted by molar-refractivity contribution is 5.98. The Labute approximate surface area is 385 Å². The largest absolute Gasteiger partial charge is 0.497 e. The lowest BCUT2D eigenvalue weighted by molar-refractivity contribution is -0.137. The monoisotopic (exact) mass is 931 g/mol. The number of halogens is 5. The van der Waals surface area contributed by atoms with Crippen LogP contribution < -0.4 is 28.9 Å². The summed E-state index contributed by atoms with van der Waals surface area (Å²) >= 11 is 0. The van der Waals surface area contributed by atoms with Crippen molar-refractivity contribution in [3.63, 3.8) is 0 Å². The summed E-state index contributed by atoms with van der Waals surface area (Å²) < 4.78 is 105. The molecule has 0 radical (unpaired) electrons. The van der Waals surface area contributed by atoms with E-state index in [2.05, 4.69) is 4.98 Å². The summed E-state index contributed by atoms with van der Waals surface area (Å²) in [4.78, 5) is 35.2. The molecular weight excluding hydrogens is 878 g/mol. The van der Waals surface area contributed by atoms with Gasteiger partial charge in [-0.1, -0.05) is 24.3 Å². The first kappa shape index (κ1) is 46.0. The minimum atomic E-state index is -5.17. The van der Waals surface area contributed by atoms with Crippen molar-refractivity contribution in [1.29, 1.82) is 0 Å². The molecule has 2 bridgehead atoms. The summed E-state index contributed by atoms with van der Waals surface area (Å²) in [6.07, 6.45) is -4.61. The van der Waals surface area contributed by atoms with Gasteiger partial charge >= 0.3 is 12.3 Å². The van der Waals surface area contributed by atoms with E-state index in [1.54, 1.807) is 90.9 Å². The van der Waals surface area contributed by atoms with E-state index in [1.807, 2.05) is 11.8 Å². The van der Waals surface area contributed by atoms with E-state index in [1.165, 1.54) is 14.2 Å². The van der Waals surface area contributed by atoms with Gasteiger partial charge in [0, 0.05) is 31.7 Å². The number of anilines is 3. The third-order valence-electron chi connectivity index (χ3n) is 13.6. The van der Waals surface area contributed by atoms with E-state index in [0.29, 0.717) is 48.4 Å². The fourth-order valence-corrected chi connectivity index (χ4v) is 10.1. The van der Waals surface area contributed by atoms with E-state index in [0.717, 1.165) is 13.0 Å². The van der Waals surface area contributed by atoms with E-state index in [9.17, 15) is 9.90 Å². The van der Waals surface area contributed by atoms with Gasteiger partial charge in [0.25, 0.3) is 0 Å². The van der Waals surface area contributed by atoms with Gasteiger partial charge in [-0.15, -0.1) is 0 Å². The maximum Gasteiger partial charge on any atom is 0.417 e. The number of aliphatic hydroxyl groups is 1. The summed E-state index contributed by atoms with van der Waals surface area (Å²) in [6.45, 7) is 10.5. The molecule has 13 nitrogen and oxygen atoms in total. The second-order valence-corrected chi connectivity index (χ2v) is 19.2. The average Bonchev–Trinajstić information content (AvgIpc) is 3.53. The highest BCUT2D eigenvalue weighted by Crippen LogP contribution is 2.50. The van der Waals surface area contributed by atoms with Crippen LogP contribution in [0.15, 0.2) is 54.6 Å². The van der Waals surface area contributed by atoms with Crippen LogP contribution >= 0.6 is 0 Å². The van der Waals surface area contributed by atoms with E-state index in [-0.39, 0.29) is 66.5 Å². The minimum Gasteiger partial charge on any atom is -0.497 e. The fraction of sp³-hybridized carbons (Fsp3) is 0.469. The molecule has 3 saturated heterocycles. The maximum absolute atomic E-state index is 18.0. The molecule has 5 aromatic rings. The van der Waals surface area contributed by atoms with Gasteiger partial charge in [0.1, 0.15) is 51.4 Å². The Balaban J connectivity index is 1.25. The number of rotatable bonds is 10. The van der Waals surface area contributed by atoms with Crippen molar-refractivity contribution in [1.82, 2.24) is 19.9 Å². The fourth-order valence-electron chi connectivity index (χ4n) is 10.1. The zero-order valence-corrected chi connectivity index (χ0v) is 38.7. The highest BCUT2D eigenvalue weighted by atomic mass is 19.4. The number of benzene rings is 3. The maximum atomic E-state index is 18.0. The number of methoxy groups -OCH3 is 2. The molecule has 0 unspecified atom stereocenters. The Kier molecular flexibility index (Phi) is 11.6. The third kappa shape index (κ3) is 8.14. The van der Waals surface area contributed by atoms with Crippen molar-refractivity contribution in [3.05, 3.63) is 88.5 Å². The van der Waals surface area contributed by atoms with Crippen molar-refractivity contribution in [2.45, 2.75) is 115 Å². The Morgan fingerprint density at radius 3 is 2.10 bits per heavy atom. The van der Waals surface area contributed by atoms with Gasteiger partial charge < -0.3 is 38.8 Å². The number of ether oxygens (including phenoxy) is 4. The zero-order valence-electron chi connectivity index (χ0n) is 38.7. The number of pyridine rings is 1. The molecule has 6 heterocycles. The van der Waals surface area contributed by atoms with Crippen LogP contribution in [0.4, 0.5) is 44.2 Å². The number of hydrogen-bond donors (Lipinski definition) is 1. The van der Waals surface area contributed by atoms with Gasteiger partial charge in [0.05, 0.1) is 55.7 Å². The summed E-state index contributed by atoms with van der Waals surface area (Å²) in [5, 5.41) is 10.5. The van der Waals surface area contributed by atoms with Crippen LogP contribution in [0.5, 0.6) is 17.4 Å². The van der Waals surface area contributed by atoms with Gasteiger partial charge in [-0.2, -0.15) is 18.2 Å². The molecular formula is C49H54F5N7O6. The molecule has 3 aromatic carbocycles. The molecule has 356 valence electrons. The summed E-state index contributed by atoms with van der Waals surface area (Å²) in [5.41, 5.74) is -4.40. The second-order valence-electron chi connectivity index (χ2n) is 19.2. The van der Waals surface area contributed by atoms with Gasteiger partial charge in [-0.3, -0.25) is 4.90 Å². The zero-order chi connectivity index (χ0) is 47.9. The number of carbonyl (C=O) groups is 1. The molecule has 2 aromatic heterocycles. The van der Waals surface area contributed by atoms with Crippen molar-refractivity contribution < 1.29 is 50.8 Å².